The van der Waals surface area contributed by atoms with Crippen molar-refractivity contribution in [2.24, 2.45) is 0 Å². The van der Waals surface area contributed by atoms with Gasteiger partial charge < -0.3 is 0 Å². The number of hydrogen-bond donors (Lipinski definition) is 0. The van der Waals surface area contributed by atoms with Gasteiger partial charge in [-0.15, -0.1) is 0 Å². The molecule has 0 saturated heterocycles. The average Bonchev–Trinajstić information content (AvgIpc) is 2.01. The van der Waals surface area contributed by atoms with E-state index in [0.29, 0.717) is 0 Å². The highest BCUT2D eigenvalue weighted by Gasteiger charge is 2.47. The predicted molar refractivity (Wildman–Crippen MR) is 35.3 cm³/mol. The van der Waals surface area contributed by atoms with Crippen molar-refractivity contribution in [3.63, 3.8) is 0 Å². The standard InChI is InChI=1S/C7H9F6/c1-2-3-7(12,13)5(9)4(8)6(10)11/h4-6H,1-3H2/t4?,5-/m0/s1. The highest BCUT2D eigenvalue weighted by molar-refractivity contribution is 4.84. The van der Waals surface area contributed by atoms with Crippen LogP contribution in [0.5, 0.6) is 0 Å². The van der Waals surface area contributed by atoms with E-state index in [9.17, 15) is 26.3 Å². The van der Waals surface area contributed by atoms with Crippen LogP contribution in [-0.4, -0.2) is 24.7 Å². The van der Waals surface area contributed by atoms with Gasteiger partial charge in [0.2, 0.25) is 0 Å². The van der Waals surface area contributed by atoms with Gasteiger partial charge in [0.1, 0.15) is 0 Å². The van der Waals surface area contributed by atoms with Crippen molar-refractivity contribution in [3.05, 3.63) is 6.92 Å². The van der Waals surface area contributed by atoms with E-state index in [-0.39, 0.29) is 6.42 Å². The zero-order chi connectivity index (χ0) is 10.6. The Morgan fingerprint density at radius 2 is 1.54 bits per heavy atom. The van der Waals surface area contributed by atoms with Crippen molar-refractivity contribution >= 4 is 0 Å². The second kappa shape index (κ2) is 4.72. The van der Waals surface area contributed by atoms with Crippen molar-refractivity contribution in [3.8, 4) is 0 Å². The molecule has 0 aromatic carbocycles. The van der Waals surface area contributed by atoms with Gasteiger partial charge in [0.15, 0.2) is 12.3 Å². The summed E-state index contributed by atoms with van der Waals surface area (Å²) in [6.45, 7) is 3.00. The smallest absolute Gasteiger partial charge is 0.238 e. The predicted octanol–water partition coefficient (Wildman–Crippen LogP) is 3.18. The summed E-state index contributed by atoms with van der Waals surface area (Å²) >= 11 is 0. The highest BCUT2D eigenvalue weighted by atomic mass is 19.3. The molecule has 0 aliphatic heterocycles. The largest absolute Gasteiger partial charge is 0.281 e. The first-order valence-electron chi connectivity index (χ1n) is 3.56. The molecule has 6 heteroatoms. The Bertz CT molecular complexity index is 146. The lowest BCUT2D eigenvalue weighted by Crippen LogP contribution is -2.40. The van der Waals surface area contributed by atoms with E-state index in [1.807, 2.05) is 0 Å². The molecule has 0 spiro atoms. The molecule has 79 valence electrons. The molecule has 0 aliphatic carbocycles. The van der Waals surface area contributed by atoms with Crippen LogP contribution in [0.2, 0.25) is 0 Å². The Morgan fingerprint density at radius 3 is 1.85 bits per heavy atom. The van der Waals surface area contributed by atoms with E-state index in [0.717, 1.165) is 0 Å². The van der Waals surface area contributed by atoms with Gasteiger partial charge in [-0.3, -0.25) is 0 Å². The number of alkyl halides is 6. The van der Waals surface area contributed by atoms with Gasteiger partial charge in [-0.25, -0.2) is 26.3 Å². The maximum atomic E-state index is 12.4. The third kappa shape index (κ3) is 3.44. The minimum atomic E-state index is -4.07. The van der Waals surface area contributed by atoms with E-state index in [4.69, 9.17) is 0 Å². The molecule has 0 N–H and O–H groups in total. The van der Waals surface area contributed by atoms with E-state index < -0.39 is 31.1 Å². The quantitative estimate of drug-likeness (QED) is 0.607. The number of hydrogen-bond acceptors (Lipinski definition) is 0. The van der Waals surface area contributed by atoms with E-state index >= 15 is 0 Å². The maximum Gasteiger partial charge on any atom is 0.281 e. The van der Waals surface area contributed by atoms with Gasteiger partial charge in [-0.05, 0) is 6.42 Å². The summed E-state index contributed by atoms with van der Waals surface area (Å²) in [5, 5.41) is 0. The zero-order valence-electron chi connectivity index (χ0n) is 6.62. The normalized spacial score (nSPS) is 17.5. The lowest BCUT2D eigenvalue weighted by molar-refractivity contribution is -0.130. The Morgan fingerprint density at radius 1 is 1.08 bits per heavy atom. The molecule has 0 nitrogen and oxygen atoms in total. The van der Waals surface area contributed by atoms with Crippen molar-refractivity contribution in [1.29, 1.82) is 0 Å². The zero-order valence-corrected chi connectivity index (χ0v) is 6.62. The Kier molecular flexibility index (Phi) is 4.56. The van der Waals surface area contributed by atoms with Gasteiger partial charge in [-0.2, -0.15) is 0 Å². The van der Waals surface area contributed by atoms with Crippen LogP contribution >= 0.6 is 0 Å². The molecule has 0 fully saturated rings. The van der Waals surface area contributed by atoms with Crippen LogP contribution in [0.15, 0.2) is 0 Å². The minimum Gasteiger partial charge on any atom is -0.238 e. The first kappa shape index (κ1) is 12.6. The van der Waals surface area contributed by atoms with Crippen LogP contribution in [0.4, 0.5) is 26.3 Å². The molecule has 0 rings (SSSR count). The molecule has 0 saturated carbocycles. The highest BCUT2D eigenvalue weighted by Crippen LogP contribution is 2.32. The molecule has 0 bridgehead atoms. The minimum absolute atomic E-state index is 0.344. The third-order valence-electron chi connectivity index (χ3n) is 1.43. The van der Waals surface area contributed by atoms with Gasteiger partial charge >= 0.3 is 0 Å². The summed E-state index contributed by atoms with van der Waals surface area (Å²) in [5.41, 5.74) is 0. The molecule has 1 radical (unpaired) electrons. The first-order valence-corrected chi connectivity index (χ1v) is 3.56. The fourth-order valence-electron chi connectivity index (χ4n) is 0.734. The molecule has 13 heavy (non-hydrogen) atoms. The summed E-state index contributed by atoms with van der Waals surface area (Å²) in [6.07, 6.45) is -12.0. The lowest BCUT2D eigenvalue weighted by Gasteiger charge is -2.22. The van der Waals surface area contributed by atoms with Crippen LogP contribution in [0.1, 0.15) is 12.8 Å². The summed E-state index contributed by atoms with van der Waals surface area (Å²) in [4.78, 5) is 0. The second-order valence-electron chi connectivity index (χ2n) is 2.55. The second-order valence-corrected chi connectivity index (χ2v) is 2.55. The molecule has 0 aromatic heterocycles. The van der Waals surface area contributed by atoms with Crippen molar-refractivity contribution in [2.45, 2.75) is 37.5 Å². The van der Waals surface area contributed by atoms with Crippen molar-refractivity contribution < 1.29 is 26.3 Å². The maximum absolute atomic E-state index is 12.4. The SMILES string of the molecule is [CH2]CCC(F)(F)[C@@H](F)C(F)C(F)F. The van der Waals surface area contributed by atoms with Crippen LogP contribution in [0, 0.1) is 6.92 Å². The van der Waals surface area contributed by atoms with Crippen LogP contribution in [0.3, 0.4) is 0 Å². The molecular weight excluding hydrogens is 198 g/mol. The number of halogens is 6. The summed E-state index contributed by atoms with van der Waals surface area (Å²) in [6, 6.07) is 0. The summed E-state index contributed by atoms with van der Waals surface area (Å²) in [7, 11) is 0. The van der Waals surface area contributed by atoms with Gasteiger partial charge in [0.25, 0.3) is 12.3 Å². The Labute approximate surface area is 71.9 Å². The molecule has 0 amide bonds. The third-order valence-corrected chi connectivity index (χ3v) is 1.43. The molecule has 0 aromatic rings. The summed E-state index contributed by atoms with van der Waals surface area (Å²) in [5.74, 6) is -4.07. The topological polar surface area (TPSA) is 0 Å². The Balaban J connectivity index is 4.29. The molecule has 2 atom stereocenters. The Hall–Kier alpha value is -0.420. The van der Waals surface area contributed by atoms with Gasteiger partial charge in [0.05, 0.1) is 0 Å². The number of rotatable bonds is 5. The van der Waals surface area contributed by atoms with Gasteiger partial charge in [-0.1, -0.05) is 6.92 Å². The van der Waals surface area contributed by atoms with Gasteiger partial charge in [0, 0.05) is 6.42 Å². The van der Waals surface area contributed by atoms with Crippen LogP contribution in [-0.2, 0) is 0 Å². The molecular formula is C7H9F6. The van der Waals surface area contributed by atoms with E-state index in [2.05, 4.69) is 6.92 Å². The summed E-state index contributed by atoms with van der Waals surface area (Å²) < 4.78 is 72.3. The first-order chi connectivity index (χ1) is 5.83. The van der Waals surface area contributed by atoms with E-state index in [1.54, 1.807) is 0 Å². The fraction of sp³-hybridized carbons (Fsp3) is 0.857. The molecule has 0 heterocycles. The van der Waals surface area contributed by atoms with Crippen LogP contribution < -0.4 is 0 Å². The lowest BCUT2D eigenvalue weighted by atomic mass is 10.1. The molecule has 0 aliphatic rings. The molecule has 1 unspecified atom stereocenters. The monoisotopic (exact) mass is 207 g/mol. The average molecular weight is 207 g/mol. The van der Waals surface area contributed by atoms with Crippen molar-refractivity contribution in [1.82, 2.24) is 0 Å². The fourth-order valence-corrected chi connectivity index (χ4v) is 0.734. The van der Waals surface area contributed by atoms with E-state index in [1.165, 1.54) is 0 Å². The van der Waals surface area contributed by atoms with Crippen LogP contribution in [0.25, 0.3) is 0 Å². The van der Waals surface area contributed by atoms with Crippen molar-refractivity contribution in [2.75, 3.05) is 0 Å².